The molecule has 0 radical (unpaired) electrons. The Hall–Kier alpha value is -1.66. The minimum Gasteiger partial charge on any atom is -0.459 e. The average molecular weight is 673 g/mol. The second-order valence-electron chi connectivity index (χ2n) is 16.3. The van der Waals surface area contributed by atoms with Gasteiger partial charge in [0.25, 0.3) is 0 Å². The second kappa shape index (κ2) is 12.0. The van der Waals surface area contributed by atoms with Crippen LogP contribution in [0.15, 0.2) is 24.3 Å². The number of aliphatic hydroxyl groups excluding tert-OH is 2. The Kier molecular flexibility index (Phi) is 8.66. The normalized spacial score (nSPS) is 53.9. The molecule has 10 heteroatoms. The van der Waals surface area contributed by atoms with Crippen molar-refractivity contribution in [3.05, 3.63) is 24.3 Å². The number of ketones is 1. The van der Waals surface area contributed by atoms with Crippen molar-refractivity contribution in [3.63, 3.8) is 0 Å². The van der Waals surface area contributed by atoms with Crippen molar-refractivity contribution >= 4 is 11.8 Å². The molecule has 15 atom stereocenters. The summed E-state index contributed by atoms with van der Waals surface area (Å²) in [5.74, 6) is -6.07. The monoisotopic (exact) mass is 672 g/mol. The third-order valence-electron chi connectivity index (χ3n) is 13.7. The number of carbonyl (C=O) groups is 2. The molecule has 7 aliphatic rings. The van der Waals surface area contributed by atoms with Crippen LogP contribution in [0.4, 0.5) is 0 Å². The first-order chi connectivity index (χ1) is 22.8. The van der Waals surface area contributed by atoms with E-state index in [0.717, 1.165) is 44.9 Å². The van der Waals surface area contributed by atoms with Crippen molar-refractivity contribution in [1.82, 2.24) is 0 Å². The Morgan fingerprint density at radius 3 is 2.25 bits per heavy atom. The molecule has 3 bridgehead atoms. The maximum atomic E-state index is 14.6. The first-order valence-electron chi connectivity index (χ1n) is 18.6. The SMILES string of the molecule is C=C(C)[C@@]12O[C@@]34/C=C/CCCCCCCCCCC[C@H](C)[C@H]5[C@H](C)C(=O)[C@@]6(O)[C@H](O)[C@@]7(CO)O[C@H]7[C@@H]([C@H]1O3)[C@](O4)([C@H](C)[C@H]2OC(C)=O)[C@H]56. The molecule has 3 saturated heterocycles. The van der Waals surface area contributed by atoms with E-state index in [4.69, 9.17) is 23.7 Å². The van der Waals surface area contributed by atoms with Gasteiger partial charge in [0.1, 0.15) is 30.0 Å². The number of ether oxygens (including phenoxy) is 5. The van der Waals surface area contributed by atoms with E-state index in [1.54, 1.807) is 6.08 Å². The van der Waals surface area contributed by atoms with Crippen LogP contribution in [0.5, 0.6) is 0 Å². The van der Waals surface area contributed by atoms with Crippen LogP contribution in [0.3, 0.4) is 0 Å². The molecule has 0 amide bonds. The van der Waals surface area contributed by atoms with Crippen molar-refractivity contribution in [2.75, 3.05) is 6.61 Å². The summed E-state index contributed by atoms with van der Waals surface area (Å²) in [4.78, 5) is 27.5. The molecular formula is C38H56O10. The topological polar surface area (TPSA) is 144 Å². The number of epoxide rings is 1. The number of hydrogen-bond acceptors (Lipinski definition) is 10. The van der Waals surface area contributed by atoms with Gasteiger partial charge in [0.15, 0.2) is 17.0 Å². The molecule has 3 N–H and O–H groups in total. The van der Waals surface area contributed by atoms with Crippen molar-refractivity contribution in [2.45, 2.75) is 158 Å². The van der Waals surface area contributed by atoms with Crippen molar-refractivity contribution in [2.24, 2.45) is 35.5 Å². The molecule has 2 spiro atoms. The fourth-order valence-electron chi connectivity index (χ4n) is 11.6. The molecule has 0 aromatic rings. The number of carbonyl (C=O) groups excluding carboxylic acids is 2. The van der Waals surface area contributed by atoms with Gasteiger partial charge >= 0.3 is 11.9 Å². The summed E-state index contributed by atoms with van der Waals surface area (Å²) < 4.78 is 33.6. The van der Waals surface area contributed by atoms with Gasteiger partial charge < -0.3 is 39.0 Å². The van der Waals surface area contributed by atoms with E-state index in [9.17, 15) is 24.9 Å². The summed E-state index contributed by atoms with van der Waals surface area (Å²) in [7, 11) is 0. The van der Waals surface area contributed by atoms with Crippen molar-refractivity contribution in [3.8, 4) is 0 Å². The third-order valence-corrected chi connectivity index (χ3v) is 13.7. The van der Waals surface area contributed by atoms with E-state index in [2.05, 4.69) is 13.5 Å². The van der Waals surface area contributed by atoms with Crippen LogP contribution >= 0.6 is 0 Å². The molecule has 3 aliphatic carbocycles. The molecule has 3 saturated carbocycles. The standard InChI is InChI=1S/C38H56O10/c1-21(2)37-30(44-25(6)40)24(5)38-27-31-34(20-39,45-31)33(42)36(43)28(38)26(23(4)29(36)41)22(3)18-16-14-12-10-8-7-9-11-13-15-17-19-35(47-37,48-38)46-32(27)37/h17,19,22-24,26-28,30-33,39,42-43H,1,7-16,18,20H2,2-6H3/b19-17+/t22-,23-,24+,26-,27-,28+,30+,31-,32+,33+,34-,35+,36+,37-,38+/m0/s1. The van der Waals surface area contributed by atoms with Gasteiger partial charge in [-0.1, -0.05) is 91.2 Å². The molecule has 4 heterocycles. The van der Waals surface area contributed by atoms with E-state index >= 15 is 0 Å². The highest BCUT2D eigenvalue weighted by Gasteiger charge is 2.91. The largest absolute Gasteiger partial charge is 0.459 e. The van der Waals surface area contributed by atoms with E-state index in [0.29, 0.717) is 5.57 Å². The van der Waals surface area contributed by atoms with Gasteiger partial charge in [-0.05, 0) is 37.2 Å². The quantitative estimate of drug-likeness (QED) is 0.222. The fraction of sp³-hybridized carbons (Fsp3) is 0.842. The molecular weight excluding hydrogens is 616 g/mol. The molecule has 48 heavy (non-hydrogen) atoms. The van der Waals surface area contributed by atoms with Gasteiger partial charge in [0.2, 0.25) is 0 Å². The van der Waals surface area contributed by atoms with Gasteiger partial charge in [-0.3, -0.25) is 9.59 Å². The predicted octanol–water partition coefficient (Wildman–Crippen LogP) is 4.52. The maximum Gasteiger partial charge on any atom is 0.306 e. The first-order valence-corrected chi connectivity index (χ1v) is 18.6. The summed E-state index contributed by atoms with van der Waals surface area (Å²) in [6.45, 7) is 12.8. The number of hydrogen-bond donors (Lipinski definition) is 3. The van der Waals surface area contributed by atoms with Gasteiger partial charge in [-0.15, -0.1) is 0 Å². The summed E-state index contributed by atoms with van der Waals surface area (Å²) in [5, 5.41) is 36.1. The van der Waals surface area contributed by atoms with E-state index in [1.165, 1.54) is 32.6 Å². The molecule has 7 rings (SSSR count). The molecule has 0 aromatic heterocycles. The minimum absolute atomic E-state index is 0.0172. The van der Waals surface area contributed by atoms with Crippen LogP contribution in [0.25, 0.3) is 0 Å². The molecule has 6 fully saturated rings. The van der Waals surface area contributed by atoms with Crippen LogP contribution in [-0.4, -0.2) is 86.5 Å². The number of aliphatic hydroxyl groups is 3. The zero-order valence-electron chi connectivity index (χ0n) is 29.3. The first kappa shape index (κ1) is 34.8. The van der Waals surface area contributed by atoms with Crippen LogP contribution in [0.2, 0.25) is 0 Å². The van der Waals surface area contributed by atoms with Crippen LogP contribution in [0, 0.1) is 35.5 Å². The van der Waals surface area contributed by atoms with Crippen molar-refractivity contribution < 1.29 is 48.6 Å². The van der Waals surface area contributed by atoms with Gasteiger partial charge in [0.05, 0.1) is 12.2 Å². The molecule has 0 aromatic carbocycles. The number of allylic oxidation sites excluding steroid dienone is 1. The second-order valence-corrected chi connectivity index (χ2v) is 16.3. The zero-order chi connectivity index (χ0) is 34.4. The van der Waals surface area contributed by atoms with Gasteiger partial charge in [0, 0.05) is 36.7 Å². The van der Waals surface area contributed by atoms with Crippen molar-refractivity contribution in [1.29, 1.82) is 0 Å². The van der Waals surface area contributed by atoms with E-state index in [1.807, 2.05) is 26.8 Å². The predicted molar refractivity (Wildman–Crippen MR) is 174 cm³/mol. The molecule has 4 aliphatic heterocycles. The average Bonchev–Trinajstić information content (AvgIpc) is 3.68. The summed E-state index contributed by atoms with van der Waals surface area (Å²) >= 11 is 0. The molecule has 268 valence electrons. The zero-order valence-corrected chi connectivity index (χ0v) is 29.3. The number of Topliss-reactive ketones (excluding diaryl/α,β-unsaturated/α-hetero) is 1. The van der Waals surface area contributed by atoms with E-state index < -0.39 is 101 Å². The molecule has 10 nitrogen and oxygen atoms in total. The minimum atomic E-state index is -2.32. The highest BCUT2D eigenvalue weighted by Crippen LogP contribution is 2.75. The smallest absolute Gasteiger partial charge is 0.306 e. The molecule has 0 unspecified atom stereocenters. The van der Waals surface area contributed by atoms with Crippen LogP contribution < -0.4 is 0 Å². The Balaban J connectivity index is 1.47. The summed E-state index contributed by atoms with van der Waals surface area (Å²) in [6.07, 6.45) is 11.3. The highest BCUT2D eigenvalue weighted by atomic mass is 16.9. The number of rotatable bonds is 3. The summed E-state index contributed by atoms with van der Waals surface area (Å²) in [6, 6.07) is 0. The Morgan fingerprint density at radius 1 is 0.979 bits per heavy atom. The maximum absolute atomic E-state index is 14.6. The van der Waals surface area contributed by atoms with Gasteiger partial charge in [-0.25, -0.2) is 0 Å². The highest BCUT2D eigenvalue weighted by molar-refractivity contribution is 5.93. The number of esters is 1. The lowest BCUT2D eigenvalue weighted by molar-refractivity contribution is -0.414. The lowest BCUT2D eigenvalue weighted by Crippen LogP contribution is -2.77. The third kappa shape index (κ3) is 4.48. The number of fused-ring (bicyclic) bond motifs is 1. The fourth-order valence-corrected chi connectivity index (χ4v) is 11.6. The van der Waals surface area contributed by atoms with E-state index in [-0.39, 0.29) is 5.92 Å². The van der Waals surface area contributed by atoms with Crippen LogP contribution in [0.1, 0.15) is 105 Å². The summed E-state index contributed by atoms with van der Waals surface area (Å²) in [5.41, 5.74) is -6.15. The Labute approximate surface area is 284 Å². The lowest BCUT2D eigenvalue weighted by atomic mass is 9.50. The lowest BCUT2D eigenvalue weighted by Gasteiger charge is -2.62. The Morgan fingerprint density at radius 2 is 1.62 bits per heavy atom. The van der Waals surface area contributed by atoms with Gasteiger partial charge in [-0.2, -0.15) is 0 Å². The van der Waals surface area contributed by atoms with Crippen LogP contribution in [-0.2, 0) is 33.3 Å². The Bertz CT molecular complexity index is 1350.